The zero-order chi connectivity index (χ0) is 14.7. The number of nitrogens with one attached hydrogen (secondary N) is 1. The number of anilines is 1. The summed E-state index contributed by atoms with van der Waals surface area (Å²) in [7, 11) is 1.95. The lowest BCUT2D eigenvalue weighted by molar-refractivity contribution is 0.766. The van der Waals surface area contributed by atoms with Gasteiger partial charge in [0.25, 0.3) is 0 Å². The van der Waals surface area contributed by atoms with E-state index in [1.165, 1.54) is 5.56 Å². The van der Waals surface area contributed by atoms with E-state index in [9.17, 15) is 0 Å². The van der Waals surface area contributed by atoms with Crippen molar-refractivity contribution in [2.45, 2.75) is 20.0 Å². The number of hydrogen-bond donors (Lipinski definition) is 1. The van der Waals surface area contributed by atoms with Crippen molar-refractivity contribution in [3.05, 3.63) is 54.6 Å². The molecule has 3 aromatic rings. The fourth-order valence-corrected chi connectivity index (χ4v) is 2.31. The van der Waals surface area contributed by atoms with Crippen LogP contribution < -0.4 is 5.32 Å². The zero-order valence-corrected chi connectivity index (χ0v) is 12.3. The highest BCUT2D eigenvalue weighted by molar-refractivity contribution is 5.62. The summed E-state index contributed by atoms with van der Waals surface area (Å²) in [5.41, 5.74) is 3.42. The molecule has 0 spiro atoms. The monoisotopic (exact) mass is 281 g/mol. The highest BCUT2D eigenvalue weighted by atomic mass is 15.2. The number of aromatic nitrogens is 4. The van der Waals surface area contributed by atoms with Crippen molar-refractivity contribution in [2.24, 2.45) is 7.05 Å². The average Bonchev–Trinajstić information content (AvgIpc) is 3.14. The molecular formula is C16H19N5. The third kappa shape index (κ3) is 2.97. The molecule has 2 heterocycles. The Morgan fingerprint density at radius 1 is 1.24 bits per heavy atom. The van der Waals surface area contributed by atoms with Gasteiger partial charge in [0.05, 0.1) is 0 Å². The Labute approximate surface area is 124 Å². The summed E-state index contributed by atoms with van der Waals surface area (Å²) in [5, 5.41) is 11.5. The maximum Gasteiger partial charge on any atom is 0.163 e. The number of aryl methyl sites for hydroxylation is 2. The molecule has 0 aliphatic heterocycles. The van der Waals surface area contributed by atoms with E-state index in [2.05, 4.69) is 57.6 Å². The molecule has 0 aliphatic rings. The number of hydrogen-bond acceptors (Lipinski definition) is 3. The molecule has 1 N–H and O–H groups in total. The molecule has 0 fully saturated rings. The Morgan fingerprint density at radius 2 is 2.14 bits per heavy atom. The largest absolute Gasteiger partial charge is 0.381 e. The predicted molar refractivity (Wildman–Crippen MR) is 83.9 cm³/mol. The topological polar surface area (TPSA) is 47.7 Å². The molecule has 5 heteroatoms. The summed E-state index contributed by atoms with van der Waals surface area (Å²) >= 11 is 0. The first-order valence-corrected chi connectivity index (χ1v) is 7.09. The minimum absolute atomic E-state index is 0.815. The van der Waals surface area contributed by atoms with E-state index in [4.69, 9.17) is 0 Å². The Hall–Kier alpha value is -2.56. The van der Waals surface area contributed by atoms with Gasteiger partial charge < -0.3 is 14.5 Å². The second-order valence-corrected chi connectivity index (χ2v) is 5.05. The first-order valence-electron chi connectivity index (χ1n) is 7.09. The van der Waals surface area contributed by atoms with Crippen LogP contribution in [0.15, 0.2) is 49.1 Å². The van der Waals surface area contributed by atoms with Gasteiger partial charge in [-0.05, 0) is 30.7 Å². The van der Waals surface area contributed by atoms with Crippen LogP contribution >= 0.6 is 0 Å². The first kappa shape index (κ1) is 13.4. The van der Waals surface area contributed by atoms with Crippen molar-refractivity contribution in [1.29, 1.82) is 0 Å². The lowest BCUT2D eigenvalue weighted by atomic mass is 10.2. The predicted octanol–water partition coefficient (Wildman–Crippen LogP) is 2.92. The number of rotatable bonds is 5. The van der Waals surface area contributed by atoms with Crippen LogP contribution in [0.2, 0.25) is 0 Å². The fraction of sp³-hybridized carbons (Fsp3) is 0.250. The summed E-state index contributed by atoms with van der Waals surface area (Å²) in [4.78, 5) is 0. The van der Waals surface area contributed by atoms with Crippen LogP contribution in [0.1, 0.15) is 12.5 Å². The third-order valence-corrected chi connectivity index (χ3v) is 3.51. The molecule has 0 amide bonds. The molecule has 0 radical (unpaired) electrons. The quantitative estimate of drug-likeness (QED) is 0.782. The fourth-order valence-electron chi connectivity index (χ4n) is 2.31. The smallest absolute Gasteiger partial charge is 0.163 e. The van der Waals surface area contributed by atoms with E-state index in [0.29, 0.717) is 0 Å². The second kappa shape index (κ2) is 5.83. The van der Waals surface area contributed by atoms with Crippen LogP contribution in [-0.2, 0) is 20.1 Å². The molecule has 0 unspecified atom stereocenters. The van der Waals surface area contributed by atoms with Gasteiger partial charge >= 0.3 is 0 Å². The van der Waals surface area contributed by atoms with Crippen molar-refractivity contribution in [3.8, 4) is 11.4 Å². The minimum atomic E-state index is 0.815. The molecule has 21 heavy (non-hydrogen) atoms. The second-order valence-electron chi connectivity index (χ2n) is 5.05. The van der Waals surface area contributed by atoms with E-state index in [1.54, 1.807) is 6.33 Å². The molecule has 5 nitrogen and oxygen atoms in total. The van der Waals surface area contributed by atoms with Crippen molar-refractivity contribution >= 4 is 5.69 Å². The van der Waals surface area contributed by atoms with E-state index >= 15 is 0 Å². The third-order valence-electron chi connectivity index (χ3n) is 3.51. The maximum atomic E-state index is 4.14. The van der Waals surface area contributed by atoms with Crippen LogP contribution in [-0.4, -0.2) is 19.3 Å². The molecule has 108 valence electrons. The van der Waals surface area contributed by atoms with Gasteiger partial charge in [0.2, 0.25) is 0 Å². The molecule has 0 aliphatic carbocycles. The lowest BCUT2D eigenvalue weighted by Gasteiger charge is -2.07. The summed E-state index contributed by atoms with van der Waals surface area (Å²) in [6.45, 7) is 3.96. The first-order chi connectivity index (χ1) is 10.3. The minimum Gasteiger partial charge on any atom is -0.381 e. The van der Waals surface area contributed by atoms with Gasteiger partial charge in [-0.1, -0.05) is 12.1 Å². The van der Waals surface area contributed by atoms with Gasteiger partial charge in [-0.15, -0.1) is 10.2 Å². The highest BCUT2D eigenvalue weighted by Crippen LogP contribution is 2.20. The normalized spacial score (nSPS) is 10.8. The van der Waals surface area contributed by atoms with Gasteiger partial charge in [0.1, 0.15) is 6.33 Å². The summed E-state index contributed by atoms with van der Waals surface area (Å²) in [6.07, 6.45) is 5.98. The molecular weight excluding hydrogens is 262 g/mol. The van der Waals surface area contributed by atoms with Gasteiger partial charge in [0.15, 0.2) is 5.82 Å². The van der Waals surface area contributed by atoms with Crippen LogP contribution in [0, 0.1) is 0 Å². The van der Waals surface area contributed by atoms with E-state index < -0.39 is 0 Å². The summed E-state index contributed by atoms with van der Waals surface area (Å²) in [5.74, 6) is 0.871. The lowest BCUT2D eigenvalue weighted by Crippen LogP contribution is -1.99. The Balaban J connectivity index is 1.73. The Morgan fingerprint density at radius 3 is 2.86 bits per heavy atom. The number of benzene rings is 1. The molecule has 0 saturated heterocycles. The van der Waals surface area contributed by atoms with Crippen LogP contribution in [0.5, 0.6) is 0 Å². The van der Waals surface area contributed by atoms with Crippen molar-refractivity contribution in [1.82, 2.24) is 19.3 Å². The molecule has 3 rings (SSSR count). The van der Waals surface area contributed by atoms with Crippen LogP contribution in [0.25, 0.3) is 11.4 Å². The van der Waals surface area contributed by atoms with Gasteiger partial charge in [-0.2, -0.15) is 0 Å². The molecule has 0 bridgehead atoms. The molecule has 0 atom stereocenters. The Kier molecular flexibility index (Phi) is 3.73. The van der Waals surface area contributed by atoms with Gasteiger partial charge in [0, 0.05) is 43.8 Å². The van der Waals surface area contributed by atoms with Crippen molar-refractivity contribution in [3.63, 3.8) is 0 Å². The van der Waals surface area contributed by atoms with Crippen LogP contribution in [0.3, 0.4) is 0 Å². The van der Waals surface area contributed by atoms with Crippen molar-refractivity contribution < 1.29 is 0 Å². The van der Waals surface area contributed by atoms with Crippen molar-refractivity contribution in [2.75, 3.05) is 5.32 Å². The molecule has 1 aromatic carbocycles. The molecule has 2 aromatic heterocycles. The number of nitrogens with zero attached hydrogens (tertiary/aromatic N) is 4. The van der Waals surface area contributed by atoms with Crippen LogP contribution in [0.4, 0.5) is 5.69 Å². The van der Waals surface area contributed by atoms with E-state index in [0.717, 1.165) is 30.2 Å². The van der Waals surface area contributed by atoms with E-state index in [-0.39, 0.29) is 0 Å². The SMILES string of the molecule is CCn1ccc(CNc2cccc(-c3nncn3C)c2)c1. The van der Waals surface area contributed by atoms with Gasteiger partial charge in [-0.3, -0.25) is 0 Å². The summed E-state index contributed by atoms with van der Waals surface area (Å²) < 4.78 is 4.09. The maximum absolute atomic E-state index is 4.14. The summed E-state index contributed by atoms with van der Waals surface area (Å²) in [6, 6.07) is 10.4. The molecule has 0 saturated carbocycles. The standard InChI is InChI=1S/C16H19N5/c1-3-21-8-7-13(11-21)10-17-15-6-4-5-14(9-15)16-19-18-12-20(16)2/h4-9,11-12,17H,3,10H2,1-2H3. The zero-order valence-electron chi connectivity index (χ0n) is 12.3. The Bertz CT molecular complexity index is 726. The van der Waals surface area contributed by atoms with Gasteiger partial charge in [-0.25, -0.2) is 0 Å². The average molecular weight is 281 g/mol. The van der Waals surface area contributed by atoms with E-state index in [1.807, 2.05) is 23.7 Å². The highest BCUT2D eigenvalue weighted by Gasteiger charge is 2.05.